The molecule has 1 aromatic heterocycles. The summed E-state index contributed by atoms with van der Waals surface area (Å²) in [6.45, 7) is 4.43. The first-order valence-corrected chi connectivity index (χ1v) is 8.68. The monoisotopic (exact) mass is 326 g/mol. The Balaban J connectivity index is 1.52. The Morgan fingerprint density at radius 1 is 1.42 bits per heavy atom. The molecule has 1 amide bonds. The van der Waals surface area contributed by atoms with Crippen molar-refractivity contribution in [2.45, 2.75) is 44.8 Å². The van der Waals surface area contributed by atoms with E-state index in [-0.39, 0.29) is 11.9 Å². The molecule has 3 rings (SSSR count). The van der Waals surface area contributed by atoms with Gasteiger partial charge in [-0.25, -0.2) is 4.98 Å². The zero-order chi connectivity index (χ0) is 16.9. The van der Waals surface area contributed by atoms with Crippen LogP contribution in [0.1, 0.15) is 37.1 Å². The van der Waals surface area contributed by atoms with Crippen LogP contribution in [0.4, 0.5) is 0 Å². The van der Waals surface area contributed by atoms with Crippen LogP contribution in [0, 0.1) is 0 Å². The molecule has 0 saturated carbocycles. The zero-order valence-electron chi connectivity index (χ0n) is 14.5. The maximum absolute atomic E-state index is 12.6. The number of carbonyl (C=O) groups excluding carboxylic acids is 1. The summed E-state index contributed by atoms with van der Waals surface area (Å²) >= 11 is 0. The first-order valence-electron chi connectivity index (χ1n) is 8.68. The third-order valence-electron chi connectivity index (χ3n) is 4.74. The number of aryl methyl sites for hydroxylation is 1. The van der Waals surface area contributed by atoms with Crippen LogP contribution in [-0.4, -0.2) is 40.0 Å². The Kier molecular flexibility index (Phi) is 5.30. The summed E-state index contributed by atoms with van der Waals surface area (Å²) in [5.41, 5.74) is 1.15. The lowest BCUT2D eigenvalue weighted by Gasteiger charge is -2.27. The van der Waals surface area contributed by atoms with Gasteiger partial charge in [-0.2, -0.15) is 0 Å². The van der Waals surface area contributed by atoms with Crippen molar-refractivity contribution in [2.24, 2.45) is 0 Å². The average Bonchev–Trinajstić information content (AvgIpc) is 3.09. The summed E-state index contributed by atoms with van der Waals surface area (Å²) in [6.07, 6.45) is 6.22. The average molecular weight is 326 g/mol. The summed E-state index contributed by atoms with van der Waals surface area (Å²) in [5.74, 6) is 1.66. The van der Waals surface area contributed by atoms with E-state index in [1.807, 2.05) is 56.7 Å². The molecule has 5 nitrogen and oxygen atoms in total. The molecular weight excluding hydrogens is 300 g/mol. The molecule has 5 heteroatoms. The number of imidazole rings is 1. The second-order valence-corrected chi connectivity index (χ2v) is 6.63. The number of nitrogens with one attached hydrogen (secondary N) is 1. The van der Waals surface area contributed by atoms with Gasteiger partial charge >= 0.3 is 0 Å². The van der Waals surface area contributed by atoms with Gasteiger partial charge in [-0.15, -0.1) is 0 Å². The van der Waals surface area contributed by atoms with Crippen molar-refractivity contribution >= 4 is 5.91 Å². The molecule has 0 fully saturated rings. The van der Waals surface area contributed by atoms with E-state index in [1.54, 1.807) is 4.90 Å². The van der Waals surface area contributed by atoms with Gasteiger partial charge in [0.15, 0.2) is 0 Å². The fourth-order valence-corrected chi connectivity index (χ4v) is 3.37. The first kappa shape index (κ1) is 16.7. The third-order valence-corrected chi connectivity index (χ3v) is 4.74. The number of rotatable bonds is 6. The smallest absolute Gasteiger partial charge is 0.239 e. The van der Waals surface area contributed by atoms with Gasteiger partial charge in [-0.3, -0.25) is 4.79 Å². The normalized spacial score (nSPS) is 18.0. The summed E-state index contributed by atoms with van der Waals surface area (Å²) < 4.78 is 2.23. The Morgan fingerprint density at radius 3 is 3.00 bits per heavy atom. The second kappa shape index (κ2) is 7.62. The van der Waals surface area contributed by atoms with Crippen molar-refractivity contribution in [2.75, 3.05) is 13.6 Å². The van der Waals surface area contributed by atoms with Crippen LogP contribution < -0.4 is 5.32 Å². The van der Waals surface area contributed by atoms with Gasteiger partial charge < -0.3 is 14.8 Å². The van der Waals surface area contributed by atoms with Crippen LogP contribution in [-0.2, 0) is 17.9 Å². The fraction of sp³-hybridized carbons (Fsp3) is 0.474. The molecule has 24 heavy (non-hydrogen) atoms. The molecule has 1 aliphatic rings. The Bertz CT molecular complexity index is 667. The first-order chi connectivity index (χ1) is 11.6. The predicted octanol–water partition coefficient (Wildman–Crippen LogP) is 2.40. The molecule has 0 saturated heterocycles. The lowest BCUT2D eigenvalue weighted by Crippen LogP contribution is -2.44. The molecule has 0 spiro atoms. The van der Waals surface area contributed by atoms with Crippen LogP contribution >= 0.6 is 0 Å². The van der Waals surface area contributed by atoms with E-state index in [4.69, 9.17) is 0 Å². The summed E-state index contributed by atoms with van der Waals surface area (Å²) in [4.78, 5) is 18.8. The van der Waals surface area contributed by atoms with Crippen LogP contribution in [0.25, 0.3) is 0 Å². The minimum absolute atomic E-state index is 0.123. The molecule has 2 aromatic rings. The van der Waals surface area contributed by atoms with E-state index in [1.165, 1.54) is 6.42 Å². The van der Waals surface area contributed by atoms with Crippen LogP contribution in [0.2, 0.25) is 0 Å². The van der Waals surface area contributed by atoms with E-state index in [0.717, 1.165) is 30.9 Å². The Hall–Kier alpha value is -2.14. The van der Waals surface area contributed by atoms with Gasteiger partial charge in [-0.1, -0.05) is 30.3 Å². The van der Waals surface area contributed by atoms with Crippen molar-refractivity contribution in [1.29, 1.82) is 0 Å². The number of benzene rings is 1. The third kappa shape index (κ3) is 3.85. The molecular formula is C19H26N4O. The minimum atomic E-state index is -0.191. The van der Waals surface area contributed by atoms with Crippen molar-refractivity contribution < 1.29 is 4.79 Å². The number of fused-ring (bicyclic) bond motifs is 1. The van der Waals surface area contributed by atoms with Crippen molar-refractivity contribution in [3.05, 3.63) is 54.1 Å². The number of likely N-dealkylation sites (N-methyl/N-ethyl adjacent to an activating group) is 1. The van der Waals surface area contributed by atoms with Crippen molar-refractivity contribution in [3.63, 3.8) is 0 Å². The number of hydrogen-bond acceptors (Lipinski definition) is 3. The quantitative estimate of drug-likeness (QED) is 0.887. The number of aromatic nitrogens is 2. The minimum Gasteiger partial charge on any atom is -0.340 e. The van der Waals surface area contributed by atoms with Gasteiger partial charge in [0.25, 0.3) is 0 Å². The topological polar surface area (TPSA) is 50.2 Å². The van der Waals surface area contributed by atoms with E-state index in [2.05, 4.69) is 14.9 Å². The fourth-order valence-electron chi connectivity index (χ4n) is 3.37. The molecule has 0 unspecified atom stereocenters. The summed E-state index contributed by atoms with van der Waals surface area (Å²) in [5, 5.41) is 3.40. The molecule has 1 N–H and O–H groups in total. The molecule has 128 valence electrons. The molecule has 2 heterocycles. The molecule has 1 aliphatic heterocycles. The van der Waals surface area contributed by atoms with E-state index >= 15 is 0 Å². The van der Waals surface area contributed by atoms with Gasteiger partial charge in [0.2, 0.25) is 5.91 Å². The Morgan fingerprint density at radius 2 is 2.21 bits per heavy atom. The highest BCUT2D eigenvalue weighted by molar-refractivity contribution is 5.81. The van der Waals surface area contributed by atoms with Crippen LogP contribution in [0.15, 0.2) is 42.7 Å². The maximum Gasteiger partial charge on any atom is 0.239 e. The largest absolute Gasteiger partial charge is 0.340 e. The molecule has 0 aliphatic carbocycles. The van der Waals surface area contributed by atoms with E-state index < -0.39 is 0 Å². The van der Waals surface area contributed by atoms with Gasteiger partial charge in [-0.05, 0) is 25.3 Å². The lowest BCUT2D eigenvalue weighted by molar-refractivity contribution is -0.132. The Labute approximate surface area is 143 Å². The number of hydrogen-bond donors (Lipinski definition) is 1. The number of amides is 1. The number of nitrogens with zero attached hydrogens (tertiary/aromatic N) is 3. The SMILES string of the molecule is C[C@@H](NC[C@H]1CCCn2ccnc21)C(=O)N(C)Cc1ccccc1. The number of carbonyl (C=O) groups is 1. The maximum atomic E-state index is 12.6. The van der Waals surface area contributed by atoms with E-state index in [0.29, 0.717) is 12.5 Å². The molecule has 0 radical (unpaired) electrons. The predicted molar refractivity (Wildman–Crippen MR) is 94.6 cm³/mol. The highest BCUT2D eigenvalue weighted by Crippen LogP contribution is 2.24. The summed E-state index contributed by atoms with van der Waals surface area (Å²) in [7, 11) is 1.86. The second-order valence-electron chi connectivity index (χ2n) is 6.63. The van der Waals surface area contributed by atoms with Gasteiger partial charge in [0.05, 0.1) is 6.04 Å². The van der Waals surface area contributed by atoms with Crippen LogP contribution in [0.5, 0.6) is 0 Å². The van der Waals surface area contributed by atoms with Gasteiger partial charge in [0.1, 0.15) is 5.82 Å². The van der Waals surface area contributed by atoms with Gasteiger partial charge in [0, 0.05) is 45.0 Å². The molecule has 0 bridgehead atoms. The highest BCUT2D eigenvalue weighted by atomic mass is 16.2. The standard InChI is InChI=1S/C19H26N4O/c1-15(19(24)22(2)14-16-7-4-3-5-8-16)21-13-17-9-6-11-23-12-10-20-18(17)23/h3-5,7-8,10,12,15,17,21H,6,9,11,13-14H2,1-2H3/t15-,17-/m1/s1. The van der Waals surface area contributed by atoms with E-state index in [9.17, 15) is 4.79 Å². The molecule has 1 aromatic carbocycles. The summed E-state index contributed by atoms with van der Waals surface area (Å²) in [6, 6.07) is 9.89. The molecule has 2 atom stereocenters. The van der Waals surface area contributed by atoms with Crippen molar-refractivity contribution in [1.82, 2.24) is 19.8 Å². The van der Waals surface area contributed by atoms with Crippen molar-refractivity contribution in [3.8, 4) is 0 Å². The lowest BCUT2D eigenvalue weighted by atomic mass is 9.98. The zero-order valence-corrected chi connectivity index (χ0v) is 14.5. The van der Waals surface area contributed by atoms with Crippen LogP contribution in [0.3, 0.4) is 0 Å². The highest BCUT2D eigenvalue weighted by Gasteiger charge is 2.24.